The first-order valence-corrected chi connectivity index (χ1v) is 7.56. The van der Waals surface area contributed by atoms with Crippen molar-refractivity contribution in [3.05, 3.63) is 59.3 Å². The van der Waals surface area contributed by atoms with Gasteiger partial charge in [-0.05, 0) is 30.3 Å². The Morgan fingerprint density at radius 2 is 1.92 bits per heavy atom. The fraction of sp³-hybridized carbons (Fsp3) is 0.111. The molecule has 2 heterocycles. The normalized spacial score (nSPS) is 16.8. The summed E-state index contributed by atoms with van der Waals surface area (Å²) in [5.41, 5.74) is 0.793. The molecule has 0 radical (unpaired) electrons. The highest BCUT2D eigenvalue weighted by Gasteiger charge is 2.26. The van der Waals surface area contributed by atoms with Gasteiger partial charge in [-0.3, -0.25) is 0 Å². The van der Waals surface area contributed by atoms with Gasteiger partial charge in [0.25, 0.3) is 0 Å². The molecule has 26 heavy (non-hydrogen) atoms. The number of benzene rings is 2. The molecule has 0 aliphatic carbocycles. The van der Waals surface area contributed by atoms with Crippen molar-refractivity contribution in [2.45, 2.75) is 6.61 Å². The van der Waals surface area contributed by atoms with Crippen molar-refractivity contribution in [3.63, 3.8) is 0 Å². The van der Waals surface area contributed by atoms with Crippen molar-refractivity contribution in [2.75, 3.05) is 6.79 Å². The Morgan fingerprint density at radius 3 is 2.77 bits per heavy atom. The van der Waals surface area contributed by atoms with Gasteiger partial charge >= 0.3 is 12.6 Å². The summed E-state index contributed by atoms with van der Waals surface area (Å²) < 4.78 is 45.1. The largest absolute Gasteiger partial charge is 0.454 e. The molecule has 0 spiro atoms. The lowest BCUT2D eigenvalue weighted by Gasteiger charge is -2.07. The van der Waals surface area contributed by atoms with E-state index in [0.717, 1.165) is 0 Å². The van der Waals surface area contributed by atoms with Crippen molar-refractivity contribution in [3.8, 4) is 17.2 Å². The van der Waals surface area contributed by atoms with Gasteiger partial charge in [0.1, 0.15) is 5.75 Å². The number of hydrogen-bond acceptors (Lipinski definition) is 6. The smallest absolute Gasteiger partial charge is 0.387 e. The number of carbonyl (C=O) groups excluding carboxylic acids is 1. The zero-order valence-electron chi connectivity index (χ0n) is 13.1. The molecule has 0 bridgehead atoms. The van der Waals surface area contributed by atoms with Crippen LogP contribution in [-0.2, 0) is 9.53 Å². The predicted molar refractivity (Wildman–Crippen MR) is 86.2 cm³/mol. The van der Waals surface area contributed by atoms with E-state index in [1.165, 1.54) is 18.2 Å². The first kappa shape index (κ1) is 16.1. The summed E-state index contributed by atoms with van der Waals surface area (Å²) in [5.74, 6) is 0.452. The molecule has 4 rings (SSSR count). The van der Waals surface area contributed by atoms with Crippen LogP contribution >= 0.6 is 0 Å². The SMILES string of the molecule is O=C1OC(c2ccc3c(c2)OCO3)=N/C1=C\c1ccccc1OC(F)F. The zero-order valence-corrected chi connectivity index (χ0v) is 13.1. The van der Waals surface area contributed by atoms with E-state index in [0.29, 0.717) is 17.1 Å². The molecule has 0 fully saturated rings. The highest BCUT2D eigenvalue weighted by atomic mass is 19.3. The highest BCUT2D eigenvalue weighted by Crippen LogP contribution is 2.34. The summed E-state index contributed by atoms with van der Waals surface area (Å²) >= 11 is 0. The number of fused-ring (bicyclic) bond motifs is 1. The summed E-state index contributed by atoms with van der Waals surface area (Å²) in [6.07, 6.45) is 1.33. The molecule has 0 N–H and O–H groups in total. The topological polar surface area (TPSA) is 66.4 Å². The van der Waals surface area contributed by atoms with Crippen LogP contribution in [0.1, 0.15) is 11.1 Å². The molecule has 132 valence electrons. The van der Waals surface area contributed by atoms with Crippen LogP contribution < -0.4 is 14.2 Å². The summed E-state index contributed by atoms with van der Waals surface area (Å²) in [5, 5.41) is 0. The minimum atomic E-state index is -2.97. The second kappa shape index (κ2) is 6.47. The van der Waals surface area contributed by atoms with E-state index in [-0.39, 0.29) is 29.7 Å². The fourth-order valence-electron chi connectivity index (χ4n) is 2.51. The first-order valence-electron chi connectivity index (χ1n) is 7.56. The van der Waals surface area contributed by atoms with E-state index in [9.17, 15) is 13.6 Å². The van der Waals surface area contributed by atoms with Gasteiger partial charge in [-0.1, -0.05) is 18.2 Å². The van der Waals surface area contributed by atoms with E-state index >= 15 is 0 Å². The van der Waals surface area contributed by atoms with E-state index < -0.39 is 12.6 Å². The number of hydrogen-bond donors (Lipinski definition) is 0. The quantitative estimate of drug-likeness (QED) is 0.619. The second-order valence-corrected chi connectivity index (χ2v) is 5.32. The van der Waals surface area contributed by atoms with Crippen LogP contribution in [0.15, 0.2) is 53.2 Å². The molecular weight excluding hydrogens is 348 g/mol. The number of para-hydroxylation sites is 1. The lowest BCUT2D eigenvalue weighted by Crippen LogP contribution is -2.05. The molecule has 0 unspecified atom stereocenters. The second-order valence-electron chi connectivity index (χ2n) is 5.32. The Morgan fingerprint density at radius 1 is 1.12 bits per heavy atom. The van der Waals surface area contributed by atoms with Gasteiger partial charge in [-0.25, -0.2) is 9.79 Å². The molecule has 0 atom stereocenters. The molecule has 2 aliphatic rings. The molecule has 0 amide bonds. The highest BCUT2D eigenvalue weighted by molar-refractivity contribution is 6.13. The monoisotopic (exact) mass is 359 g/mol. The third-order valence-electron chi connectivity index (χ3n) is 3.67. The molecule has 0 saturated heterocycles. The van der Waals surface area contributed by atoms with Crippen molar-refractivity contribution in [2.24, 2.45) is 4.99 Å². The lowest BCUT2D eigenvalue weighted by atomic mass is 10.1. The van der Waals surface area contributed by atoms with Crippen LogP contribution in [0.3, 0.4) is 0 Å². The van der Waals surface area contributed by atoms with Crippen molar-refractivity contribution >= 4 is 17.9 Å². The number of alkyl halides is 2. The van der Waals surface area contributed by atoms with Crippen LogP contribution in [0.4, 0.5) is 8.78 Å². The minimum Gasteiger partial charge on any atom is -0.454 e. The number of esters is 1. The molecule has 2 aromatic rings. The Balaban J connectivity index is 1.66. The number of nitrogens with zero attached hydrogens (tertiary/aromatic N) is 1. The van der Waals surface area contributed by atoms with Gasteiger partial charge in [-0.2, -0.15) is 8.78 Å². The third-order valence-corrected chi connectivity index (χ3v) is 3.67. The van der Waals surface area contributed by atoms with Gasteiger partial charge in [0, 0.05) is 11.1 Å². The molecule has 0 saturated carbocycles. The van der Waals surface area contributed by atoms with E-state index in [4.69, 9.17) is 14.2 Å². The fourth-order valence-corrected chi connectivity index (χ4v) is 2.51. The summed E-state index contributed by atoms with van der Waals surface area (Å²) in [6.45, 7) is -2.85. The van der Waals surface area contributed by atoms with Crippen molar-refractivity contribution in [1.82, 2.24) is 0 Å². The van der Waals surface area contributed by atoms with Gasteiger partial charge in [-0.15, -0.1) is 0 Å². The number of aliphatic imine (C=N–C) groups is 1. The third kappa shape index (κ3) is 3.08. The average Bonchev–Trinajstić information content (AvgIpc) is 3.22. The maximum Gasteiger partial charge on any atom is 0.387 e. The van der Waals surface area contributed by atoms with Crippen LogP contribution in [-0.4, -0.2) is 25.3 Å². The van der Waals surface area contributed by atoms with E-state index in [1.54, 1.807) is 30.3 Å². The van der Waals surface area contributed by atoms with Gasteiger partial charge < -0.3 is 18.9 Å². The van der Waals surface area contributed by atoms with E-state index in [1.807, 2.05) is 0 Å². The van der Waals surface area contributed by atoms with Crippen LogP contribution in [0.25, 0.3) is 6.08 Å². The molecular formula is C18H11F2NO5. The summed E-state index contributed by atoms with van der Waals surface area (Å²) in [7, 11) is 0. The first-order chi connectivity index (χ1) is 12.6. The van der Waals surface area contributed by atoms with Crippen molar-refractivity contribution in [1.29, 1.82) is 0 Å². The molecule has 0 aromatic heterocycles. The zero-order chi connectivity index (χ0) is 18.1. The Hall–Kier alpha value is -3.42. The average molecular weight is 359 g/mol. The summed E-state index contributed by atoms with van der Waals surface area (Å²) in [4.78, 5) is 16.2. The Bertz CT molecular complexity index is 939. The van der Waals surface area contributed by atoms with Gasteiger partial charge in [0.2, 0.25) is 12.7 Å². The Kier molecular flexibility index (Phi) is 4.00. The standard InChI is InChI=1S/C18H11F2NO5/c19-18(20)25-13-4-2-1-3-10(13)7-12-17(22)26-16(21-12)11-5-6-14-15(8-11)24-9-23-14/h1-8,18H,9H2/b12-7-. The Labute approximate surface area is 146 Å². The lowest BCUT2D eigenvalue weighted by molar-refractivity contribution is -0.129. The molecule has 2 aliphatic heterocycles. The molecule has 2 aromatic carbocycles. The maximum absolute atomic E-state index is 12.5. The molecule has 8 heteroatoms. The van der Waals surface area contributed by atoms with Crippen LogP contribution in [0.2, 0.25) is 0 Å². The van der Waals surface area contributed by atoms with Crippen LogP contribution in [0, 0.1) is 0 Å². The number of ether oxygens (including phenoxy) is 4. The number of cyclic esters (lactones) is 1. The summed E-state index contributed by atoms with van der Waals surface area (Å²) in [6, 6.07) is 11.1. The van der Waals surface area contributed by atoms with Gasteiger partial charge in [0.15, 0.2) is 17.2 Å². The maximum atomic E-state index is 12.5. The molecule has 6 nitrogen and oxygen atoms in total. The number of halogens is 2. The van der Waals surface area contributed by atoms with Gasteiger partial charge in [0.05, 0.1) is 0 Å². The van der Waals surface area contributed by atoms with E-state index in [2.05, 4.69) is 9.73 Å². The van der Waals surface area contributed by atoms with Crippen LogP contribution in [0.5, 0.6) is 17.2 Å². The predicted octanol–water partition coefficient (Wildman–Crippen LogP) is 3.36. The number of carbonyl (C=O) groups is 1. The number of rotatable bonds is 4. The van der Waals surface area contributed by atoms with Crippen molar-refractivity contribution < 1.29 is 32.5 Å². The minimum absolute atomic E-state index is 0.0250.